The summed E-state index contributed by atoms with van der Waals surface area (Å²) in [7, 11) is -3.68. The van der Waals surface area contributed by atoms with Gasteiger partial charge in [0.25, 0.3) is 7.37 Å². The minimum absolute atomic E-state index is 0.572. The second-order valence-corrected chi connectivity index (χ2v) is 9.04. The van der Waals surface area contributed by atoms with Crippen molar-refractivity contribution in [2.75, 3.05) is 0 Å². The molecule has 0 amide bonds. The van der Waals surface area contributed by atoms with Crippen molar-refractivity contribution in [3.63, 3.8) is 0 Å². The average Bonchev–Trinajstić information content (AvgIpc) is 2.58. The number of rotatable bonds is 4. The molecule has 0 spiro atoms. The molecule has 1 atom stereocenters. The molecule has 3 aromatic rings. The van der Waals surface area contributed by atoms with Crippen LogP contribution in [0.25, 0.3) is 0 Å². The third-order valence-corrected chi connectivity index (χ3v) is 7.63. The van der Waals surface area contributed by atoms with Crippen LogP contribution in [0.2, 0.25) is 0 Å². The van der Waals surface area contributed by atoms with Gasteiger partial charge in [0.05, 0.1) is 0 Å². The van der Waals surface area contributed by atoms with Crippen LogP contribution in [-0.4, -0.2) is 4.89 Å². The summed E-state index contributed by atoms with van der Waals surface area (Å²) < 4.78 is 13.7. The zero-order valence-corrected chi connectivity index (χ0v) is 16.7. The highest BCUT2D eigenvalue weighted by molar-refractivity contribution is 7.73. The van der Waals surface area contributed by atoms with Gasteiger partial charge in [0, 0.05) is 10.6 Å². The van der Waals surface area contributed by atoms with Crippen LogP contribution in [0.3, 0.4) is 0 Å². The largest absolute Gasteiger partial charge is 0.338 e. The van der Waals surface area contributed by atoms with Crippen molar-refractivity contribution in [2.24, 2.45) is 0 Å². The maximum Gasteiger partial charge on any atom is 0.259 e. The van der Waals surface area contributed by atoms with Crippen molar-refractivity contribution < 1.29 is 9.46 Å². The van der Waals surface area contributed by atoms with Crippen molar-refractivity contribution in [2.45, 2.75) is 34.1 Å². The minimum atomic E-state index is -3.68. The zero-order valence-electron chi connectivity index (χ0n) is 15.8. The predicted molar refractivity (Wildman–Crippen MR) is 110 cm³/mol. The van der Waals surface area contributed by atoms with Crippen LogP contribution in [0, 0.1) is 27.7 Å². The summed E-state index contributed by atoms with van der Waals surface area (Å²) in [6.45, 7) is 7.70. The summed E-state index contributed by atoms with van der Waals surface area (Å²) in [4.78, 5) is 11.2. The molecule has 0 bridgehead atoms. The third kappa shape index (κ3) is 3.40. The molecule has 0 fully saturated rings. The summed E-state index contributed by atoms with van der Waals surface area (Å²) >= 11 is 0. The number of hydrogen-bond donors (Lipinski definition) is 1. The molecular formula is C23H25O2P. The summed E-state index contributed by atoms with van der Waals surface area (Å²) in [5.74, 6) is 0. The standard InChI is InChI=1S/C23H25O2P/c1-16-9-8-10-17(2)22(16)26(24,25)23-18(3)13-14-21(19(23)4)15-20-11-6-5-7-12-20/h5-14H,15H2,1-4H3,(H,24,25). The van der Waals surface area contributed by atoms with E-state index in [-0.39, 0.29) is 0 Å². The van der Waals surface area contributed by atoms with Crippen LogP contribution in [0.5, 0.6) is 0 Å². The lowest BCUT2D eigenvalue weighted by molar-refractivity contribution is 0.500. The van der Waals surface area contributed by atoms with E-state index in [1.165, 1.54) is 5.56 Å². The highest BCUT2D eigenvalue weighted by Crippen LogP contribution is 2.43. The van der Waals surface area contributed by atoms with Gasteiger partial charge in [-0.05, 0) is 67.5 Å². The van der Waals surface area contributed by atoms with E-state index in [9.17, 15) is 9.46 Å². The van der Waals surface area contributed by atoms with Gasteiger partial charge in [0.15, 0.2) is 0 Å². The molecule has 2 nitrogen and oxygen atoms in total. The SMILES string of the molecule is Cc1cccc(C)c1P(=O)(O)c1c(C)ccc(Cc2ccccc2)c1C. The quantitative estimate of drug-likeness (QED) is 0.680. The van der Waals surface area contributed by atoms with Crippen molar-refractivity contribution >= 4 is 18.0 Å². The van der Waals surface area contributed by atoms with E-state index in [1.54, 1.807) is 0 Å². The maximum absolute atomic E-state index is 13.7. The van der Waals surface area contributed by atoms with Crippen molar-refractivity contribution in [3.8, 4) is 0 Å². The predicted octanol–water partition coefficient (Wildman–Crippen LogP) is 4.73. The van der Waals surface area contributed by atoms with Crippen LogP contribution < -0.4 is 10.6 Å². The van der Waals surface area contributed by atoms with E-state index in [1.807, 2.05) is 70.2 Å². The van der Waals surface area contributed by atoms with Crippen LogP contribution in [0.15, 0.2) is 60.7 Å². The lowest BCUT2D eigenvalue weighted by Crippen LogP contribution is -2.25. The van der Waals surface area contributed by atoms with Gasteiger partial charge in [-0.15, -0.1) is 0 Å². The molecule has 0 aliphatic heterocycles. The number of benzene rings is 3. The Labute approximate surface area is 156 Å². The molecule has 0 aliphatic carbocycles. The molecule has 1 N–H and O–H groups in total. The van der Waals surface area contributed by atoms with E-state index in [0.29, 0.717) is 10.6 Å². The Bertz CT molecular complexity index is 970. The molecule has 0 saturated carbocycles. The zero-order chi connectivity index (χ0) is 18.9. The van der Waals surface area contributed by atoms with Gasteiger partial charge in [-0.1, -0.05) is 60.7 Å². The first-order chi connectivity index (χ1) is 12.3. The molecule has 3 rings (SSSR count). The summed E-state index contributed by atoms with van der Waals surface area (Å²) in [5.41, 5.74) is 5.81. The number of aryl methyl sites for hydroxylation is 3. The van der Waals surface area contributed by atoms with Crippen molar-refractivity contribution in [3.05, 3.63) is 94.0 Å². The molecule has 0 radical (unpaired) electrons. The van der Waals surface area contributed by atoms with Gasteiger partial charge < -0.3 is 4.89 Å². The van der Waals surface area contributed by atoms with E-state index in [2.05, 4.69) is 18.2 Å². The highest BCUT2D eigenvalue weighted by atomic mass is 31.2. The average molecular weight is 364 g/mol. The van der Waals surface area contributed by atoms with Gasteiger partial charge >= 0.3 is 0 Å². The molecule has 1 unspecified atom stereocenters. The van der Waals surface area contributed by atoms with Crippen LogP contribution >= 0.6 is 7.37 Å². The van der Waals surface area contributed by atoms with E-state index < -0.39 is 7.37 Å². The fourth-order valence-electron chi connectivity index (χ4n) is 3.75. The van der Waals surface area contributed by atoms with Crippen molar-refractivity contribution in [1.29, 1.82) is 0 Å². The van der Waals surface area contributed by atoms with E-state index in [4.69, 9.17) is 0 Å². The van der Waals surface area contributed by atoms with E-state index in [0.717, 1.165) is 34.2 Å². The van der Waals surface area contributed by atoms with Crippen molar-refractivity contribution in [1.82, 2.24) is 0 Å². The summed E-state index contributed by atoms with van der Waals surface area (Å²) in [6.07, 6.45) is 0.757. The maximum atomic E-state index is 13.7. The van der Waals surface area contributed by atoms with Gasteiger partial charge in [0.2, 0.25) is 0 Å². The van der Waals surface area contributed by atoms with Gasteiger partial charge in [-0.3, -0.25) is 4.57 Å². The van der Waals surface area contributed by atoms with E-state index >= 15 is 0 Å². The van der Waals surface area contributed by atoms with Crippen LogP contribution in [-0.2, 0) is 11.0 Å². The Hall–Kier alpha value is -2.15. The smallest absolute Gasteiger partial charge is 0.259 e. The first-order valence-electron chi connectivity index (χ1n) is 8.85. The number of hydrogen-bond acceptors (Lipinski definition) is 1. The Morgan fingerprint density at radius 1 is 0.731 bits per heavy atom. The normalized spacial score (nSPS) is 13.4. The highest BCUT2D eigenvalue weighted by Gasteiger charge is 2.31. The Balaban J connectivity index is 2.16. The molecule has 0 saturated heterocycles. The molecule has 0 aromatic heterocycles. The van der Waals surface area contributed by atoms with Gasteiger partial charge in [0.1, 0.15) is 0 Å². The first-order valence-corrected chi connectivity index (χ1v) is 10.5. The fourth-order valence-corrected chi connectivity index (χ4v) is 6.23. The molecule has 26 heavy (non-hydrogen) atoms. The lowest BCUT2D eigenvalue weighted by Gasteiger charge is -2.22. The topological polar surface area (TPSA) is 37.3 Å². The Morgan fingerprint density at radius 3 is 1.92 bits per heavy atom. The van der Waals surface area contributed by atoms with Crippen LogP contribution in [0.1, 0.15) is 33.4 Å². The monoisotopic (exact) mass is 364 g/mol. The molecule has 0 heterocycles. The Kier molecular flexibility index (Phi) is 5.18. The molecule has 134 valence electrons. The summed E-state index contributed by atoms with van der Waals surface area (Å²) in [5, 5.41) is 1.16. The van der Waals surface area contributed by atoms with Crippen LogP contribution in [0.4, 0.5) is 0 Å². The molecular weight excluding hydrogens is 339 g/mol. The third-order valence-electron chi connectivity index (χ3n) is 5.03. The lowest BCUT2D eigenvalue weighted by atomic mass is 9.99. The molecule has 0 aliphatic rings. The molecule has 3 heteroatoms. The fraction of sp³-hybridized carbons (Fsp3) is 0.217. The Morgan fingerprint density at radius 2 is 1.31 bits per heavy atom. The second kappa shape index (κ2) is 7.23. The minimum Gasteiger partial charge on any atom is -0.338 e. The van der Waals surface area contributed by atoms with Gasteiger partial charge in [-0.25, -0.2) is 0 Å². The second-order valence-electron chi connectivity index (χ2n) is 6.99. The molecule has 3 aromatic carbocycles. The first kappa shape index (κ1) is 18.6. The van der Waals surface area contributed by atoms with Gasteiger partial charge in [-0.2, -0.15) is 0 Å². The summed E-state index contributed by atoms with van der Waals surface area (Å²) in [6, 6.07) is 20.0.